The monoisotopic (exact) mass is 89.0 g/mol. The maximum atomic E-state index is 6.21. The van der Waals surface area contributed by atoms with Crippen molar-refractivity contribution in [1.82, 2.24) is 0 Å². The Hall–Kier alpha value is -0.260. The Kier molecular flexibility index (Phi) is 3.55. The summed E-state index contributed by atoms with van der Waals surface area (Å²) in [6, 6.07) is 0. The highest BCUT2D eigenvalue weighted by Crippen LogP contribution is 1.66. The van der Waals surface area contributed by atoms with E-state index in [0.29, 0.717) is 5.88 Å². The van der Waals surface area contributed by atoms with Crippen LogP contribution in [0.2, 0.25) is 0 Å². The first-order chi connectivity index (χ1) is 2.41. The summed E-state index contributed by atoms with van der Waals surface area (Å²) in [4.78, 5) is 0. The maximum Gasteiger partial charge on any atom is 0.0493 e. The number of alkyl halides is 1. The van der Waals surface area contributed by atoms with Crippen LogP contribution >= 0.6 is 11.6 Å². The molecule has 0 amide bonds. The van der Waals surface area contributed by atoms with Crippen LogP contribution in [0.1, 0.15) is 0 Å². The zero-order valence-electron chi connectivity index (χ0n) is 2.66. The Balaban J connectivity index is 2.93. The molecule has 0 atom stereocenters. The average molecular weight is 89.5 g/mol. The zero-order valence-corrected chi connectivity index (χ0v) is 3.42. The highest BCUT2D eigenvalue weighted by Gasteiger charge is 1.53. The normalized spacial score (nSPS) is 5.80. The molecular weight excluding hydrogens is 85.5 g/mol. The minimum atomic E-state index is 0.392. The van der Waals surface area contributed by atoms with Crippen molar-refractivity contribution in [2.75, 3.05) is 5.88 Å². The van der Waals surface area contributed by atoms with Crippen molar-refractivity contribution < 1.29 is 0 Å². The van der Waals surface area contributed by atoms with E-state index in [1.165, 1.54) is 6.08 Å². The number of rotatable bonds is 1. The number of halogens is 1. The summed E-state index contributed by atoms with van der Waals surface area (Å²) >= 11 is 5.06. The first-order valence-corrected chi connectivity index (χ1v) is 1.75. The van der Waals surface area contributed by atoms with E-state index in [-0.39, 0.29) is 0 Å². The SMILES string of the molecule is N=C=CCCl. The molecule has 0 heterocycles. The summed E-state index contributed by atoms with van der Waals surface area (Å²) < 4.78 is 0. The molecule has 0 aromatic heterocycles. The molecule has 28 valence electrons. The second-order valence-corrected chi connectivity index (χ2v) is 0.811. The Morgan fingerprint density at radius 3 is 2.60 bits per heavy atom. The summed E-state index contributed by atoms with van der Waals surface area (Å²) in [7, 11) is 0. The Bertz CT molecular complexity index is 53.9. The van der Waals surface area contributed by atoms with Crippen LogP contribution in [0.4, 0.5) is 0 Å². The van der Waals surface area contributed by atoms with E-state index in [2.05, 4.69) is 0 Å². The van der Waals surface area contributed by atoms with E-state index in [1.54, 1.807) is 0 Å². The quantitative estimate of drug-likeness (QED) is 0.367. The van der Waals surface area contributed by atoms with Crippen LogP contribution in [-0.4, -0.2) is 11.7 Å². The molecule has 0 aliphatic rings. The Morgan fingerprint density at radius 2 is 2.60 bits per heavy atom. The fourth-order valence-electron chi connectivity index (χ4n) is 0.0386. The zero-order chi connectivity index (χ0) is 4.12. The van der Waals surface area contributed by atoms with E-state index in [0.717, 1.165) is 0 Å². The van der Waals surface area contributed by atoms with Gasteiger partial charge in [-0.3, -0.25) is 5.41 Å². The molecule has 0 bridgehead atoms. The highest BCUT2D eigenvalue weighted by molar-refractivity contribution is 6.19. The van der Waals surface area contributed by atoms with Crippen molar-refractivity contribution in [3.05, 3.63) is 6.08 Å². The number of nitrogens with one attached hydrogen (secondary N) is 1. The van der Waals surface area contributed by atoms with Gasteiger partial charge >= 0.3 is 0 Å². The van der Waals surface area contributed by atoms with E-state index in [4.69, 9.17) is 17.0 Å². The molecule has 5 heavy (non-hydrogen) atoms. The molecule has 0 spiro atoms. The van der Waals surface area contributed by atoms with Gasteiger partial charge in [0.1, 0.15) is 0 Å². The molecular formula is C3H4ClN. The van der Waals surface area contributed by atoms with Crippen LogP contribution in [-0.2, 0) is 0 Å². The summed E-state index contributed by atoms with van der Waals surface area (Å²) in [6.07, 6.45) is 1.43. The Labute approximate surface area is 35.8 Å². The second-order valence-electron chi connectivity index (χ2n) is 0.503. The first kappa shape index (κ1) is 4.74. The standard InChI is InChI=1S/C3H4ClN/c4-2-1-3-5/h1,5H,2H2. The van der Waals surface area contributed by atoms with Gasteiger partial charge < -0.3 is 0 Å². The van der Waals surface area contributed by atoms with Crippen molar-refractivity contribution in [2.24, 2.45) is 0 Å². The van der Waals surface area contributed by atoms with Crippen LogP contribution in [0.3, 0.4) is 0 Å². The van der Waals surface area contributed by atoms with Gasteiger partial charge in [0.25, 0.3) is 0 Å². The van der Waals surface area contributed by atoms with Crippen molar-refractivity contribution >= 4 is 17.5 Å². The number of hydrogen-bond donors (Lipinski definition) is 1. The average Bonchev–Trinajstić information content (AvgIpc) is 1.41. The molecule has 0 fully saturated rings. The lowest BCUT2D eigenvalue weighted by molar-refractivity contribution is 1.58. The third kappa shape index (κ3) is 3.74. The molecule has 0 radical (unpaired) electrons. The van der Waals surface area contributed by atoms with Gasteiger partial charge in [0.15, 0.2) is 0 Å². The minimum Gasteiger partial charge on any atom is -0.259 e. The summed E-state index contributed by atoms with van der Waals surface area (Å²) in [5.41, 5.74) is 0. The molecule has 0 aromatic carbocycles. The predicted molar refractivity (Wildman–Crippen MR) is 23.0 cm³/mol. The summed E-state index contributed by atoms with van der Waals surface area (Å²) in [6.45, 7) is 0. The second kappa shape index (κ2) is 3.74. The van der Waals surface area contributed by atoms with E-state index in [1.807, 2.05) is 5.87 Å². The predicted octanol–water partition coefficient (Wildman–Crippen LogP) is 1.03. The lowest BCUT2D eigenvalue weighted by Gasteiger charge is -1.55. The van der Waals surface area contributed by atoms with Crippen molar-refractivity contribution in [1.29, 1.82) is 5.41 Å². The fourth-order valence-corrected chi connectivity index (χ4v) is 0.116. The van der Waals surface area contributed by atoms with Crippen LogP contribution in [0.25, 0.3) is 0 Å². The van der Waals surface area contributed by atoms with Crippen LogP contribution in [0.15, 0.2) is 6.08 Å². The van der Waals surface area contributed by atoms with Gasteiger partial charge in [-0.15, -0.1) is 11.6 Å². The molecule has 0 unspecified atom stereocenters. The van der Waals surface area contributed by atoms with Crippen molar-refractivity contribution in [3.63, 3.8) is 0 Å². The smallest absolute Gasteiger partial charge is 0.0493 e. The van der Waals surface area contributed by atoms with Crippen molar-refractivity contribution in [3.8, 4) is 0 Å². The van der Waals surface area contributed by atoms with Gasteiger partial charge in [0.2, 0.25) is 0 Å². The molecule has 0 aliphatic carbocycles. The van der Waals surface area contributed by atoms with Gasteiger partial charge in [0, 0.05) is 5.88 Å². The van der Waals surface area contributed by atoms with E-state index >= 15 is 0 Å². The van der Waals surface area contributed by atoms with Crippen molar-refractivity contribution in [2.45, 2.75) is 0 Å². The molecule has 1 N–H and O–H groups in total. The summed E-state index contributed by atoms with van der Waals surface area (Å²) in [5, 5.41) is 6.21. The molecule has 2 heteroatoms. The minimum absolute atomic E-state index is 0.392. The van der Waals surface area contributed by atoms with Crippen LogP contribution < -0.4 is 0 Å². The van der Waals surface area contributed by atoms with Gasteiger partial charge in [-0.1, -0.05) is 0 Å². The third-order valence-electron chi connectivity index (χ3n) is 0.179. The Morgan fingerprint density at radius 1 is 2.00 bits per heavy atom. The van der Waals surface area contributed by atoms with E-state index in [9.17, 15) is 0 Å². The van der Waals surface area contributed by atoms with Crippen LogP contribution in [0, 0.1) is 5.41 Å². The van der Waals surface area contributed by atoms with E-state index < -0.39 is 0 Å². The highest BCUT2D eigenvalue weighted by atomic mass is 35.5. The first-order valence-electron chi connectivity index (χ1n) is 1.21. The molecule has 0 saturated carbocycles. The molecule has 0 rings (SSSR count). The van der Waals surface area contributed by atoms with Gasteiger partial charge in [-0.25, -0.2) is 0 Å². The molecule has 1 nitrogen and oxygen atoms in total. The molecule has 0 aromatic rings. The topological polar surface area (TPSA) is 23.9 Å². The third-order valence-corrected chi connectivity index (χ3v) is 0.334. The lowest BCUT2D eigenvalue weighted by atomic mass is 10.7. The molecule has 0 saturated heterocycles. The lowest BCUT2D eigenvalue weighted by Crippen LogP contribution is -1.53. The van der Waals surface area contributed by atoms with Gasteiger partial charge in [0.05, 0.1) is 0 Å². The maximum absolute atomic E-state index is 6.21. The number of allylic oxidation sites excluding steroid dienone is 1. The number of hydrogen-bond acceptors (Lipinski definition) is 1. The van der Waals surface area contributed by atoms with Gasteiger partial charge in [-0.2, -0.15) is 0 Å². The van der Waals surface area contributed by atoms with Crippen LogP contribution in [0.5, 0.6) is 0 Å². The largest absolute Gasteiger partial charge is 0.259 e. The molecule has 0 aliphatic heterocycles. The van der Waals surface area contributed by atoms with Gasteiger partial charge in [-0.05, 0) is 11.9 Å². The summed E-state index contributed by atoms with van der Waals surface area (Å²) in [5.74, 6) is 2.40. The fraction of sp³-hybridized carbons (Fsp3) is 0.333.